The third-order valence-electron chi connectivity index (χ3n) is 4.06. The first-order valence-corrected chi connectivity index (χ1v) is 7.46. The summed E-state index contributed by atoms with van der Waals surface area (Å²) >= 11 is 0. The minimum atomic E-state index is -0.613. The van der Waals surface area contributed by atoms with Gasteiger partial charge in [-0.25, -0.2) is 0 Å². The third kappa shape index (κ3) is 3.89. The molecule has 2 heterocycles. The van der Waals surface area contributed by atoms with Gasteiger partial charge >= 0.3 is 0 Å². The molecule has 3 N–H and O–H groups in total. The maximum absolute atomic E-state index is 12.4. The largest absolute Gasteiger partial charge is 0.391 e. The van der Waals surface area contributed by atoms with Gasteiger partial charge in [0.15, 0.2) is 0 Å². The van der Waals surface area contributed by atoms with E-state index in [1.54, 1.807) is 25.5 Å². The molecule has 0 aliphatic heterocycles. The molecular weight excluding hydrogens is 334 g/mol. The zero-order valence-electron chi connectivity index (χ0n) is 13.2. The lowest BCUT2D eigenvalue weighted by molar-refractivity contribution is -0.135. The molecule has 2 aromatic heterocycles. The van der Waals surface area contributed by atoms with Gasteiger partial charge in [0.2, 0.25) is 17.6 Å². The van der Waals surface area contributed by atoms with Gasteiger partial charge in [-0.05, 0) is 25.0 Å². The van der Waals surface area contributed by atoms with E-state index in [2.05, 4.69) is 15.1 Å². The van der Waals surface area contributed by atoms with Gasteiger partial charge < -0.3 is 20.3 Å². The lowest BCUT2D eigenvalue weighted by Crippen LogP contribution is -2.32. The minimum absolute atomic E-state index is 0. The van der Waals surface area contributed by atoms with E-state index in [0.29, 0.717) is 24.6 Å². The Kier molecular flexibility index (Phi) is 5.87. The number of halogens is 1. The lowest BCUT2D eigenvalue weighted by atomic mass is 10.1. The van der Waals surface area contributed by atoms with Crippen LogP contribution in [0.3, 0.4) is 0 Å². The van der Waals surface area contributed by atoms with E-state index in [0.717, 1.165) is 5.56 Å². The molecule has 2 aromatic rings. The maximum Gasteiger partial charge on any atom is 0.246 e. The molecule has 0 bridgehead atoms. The van der Waals surface area contributed by atoms with Crippen LogP contribution in [0.15, 0.2) is 29.0 Å². The number of hydrogen-bond acceptors (Lipinski definition) is 7. The maximum atomic E-state index is 12.4. The summed E-state index contributed by atoms with van der Waals surface area (Å²) in [6, 6.07) is 3.28. The summed E-state index contributed by atoms with van der Waals surface area (Å²) < 4.78 is 5.19. The van der Waals surface area contributed by atoms with Gasteiger partial charge in [0, 0.05) is 37.0 Å². The van der Waals surface area contributed by atoms with Crippen LogP contribution in [0.2, 0.25) is 0 Å². The first-order chi connectivity index (χ1) is 11.0. The number of carbonyl (C=O) groups excluding carboxylic acids is 1. The quantitative estimate of drug-likeness (QED) is 0.826. The molecule has 3 atom stereocenters. The SMILES string of the molecule is CN(Cc1nc(-c2cccnc2)no1)C(=O)[C@H]1C[C@H](N)[C@@H](O)C1.Cl. The number of rotatable bonds is 4. The Morgan fingerprint density at radius 3 is 2.92 bits per heavy atom. The second-order valence-corrected chi connectivity index (χ2v) is 5.85. The Morgan fingerprint density at radius 2 is 2.29 bits per heavy atom. The second kappa shape index (κ2) is 7.69. The van der Waals surface area contributed by atoms with Crippen LogP contribution in [0.5, 0.6) is 0 Å². The van der Waals surface area contributed by atoms with Gasteiger partial charge in [0.1, 0.15) is 0 Å². The van der Waals surface area contributed by atoms with E-state index >= 15 is 0 Å². The van der Waals surface area contributed by atoms with Crippen LogP contribution in [-0.2, 0) is 11.3 Å². The number of pyridine rings is 1. The zero-order valence-corrected chi connectivity index (χ0v) is 14.0. The summed E-state index contributed by atoms with van der Waals surface area (Å²) in [7, 11) is 1.67. The van der Waals surface area contributed by atoms with Gasteiger partial charge in [-0.2, -0.15) is 4.98 Å². The number of nitrogens with zero attached hydrogens (tertiary/aromatic N) is 4. The molecule has 1 saturated carbocycles. The molecule has 1 fully saturated rings. The first kappa shape index (κ1) is 18.3. The van der Waals surface area contributed by atoms with E-state index < -0.39 is 6.10 Å². The van der Waals surface area contributed by atoms with Gasteiger partial charge in [-0.1, -0.05) is 5.16 Å². The van der Waals surface area contributed by atoms with E-state index in [-0.39, 0.29) is 36.8 Å². The fourth-order valence-electron chi connectivity index (χ4n) is 2.77. The van der Waals surface area contributed by atoms with Gasteiger partial charge in [-0.3, -0.25) is 9.78 Å². The van der Waals surface area contributed by atoms with Crippen molar-refractivity contribution < 1.29 is 14.4 Å². The van der Waals surface area contributed by atoms with E-state index in [9.17, 15) is 9.90 Å². The number of hydrogen-bond donors (Lipinski definition) is 2. The van der Waals surface area contributed by atoms with Crippen LogP contribution in [0.25, 0.3) is 11.4 Å². The lowest BCUT2D eigenvalue weighted by Gasteiger charge is -2.19. The Hall–Kier alpha value is -2.03. The van der Waals surface area contributed by atoms with Crippen LogP contribution in [0.4, 0.5) is 0 Å². The Balaban J connectivity index is 0.00000208. The van der Waals surface area contributed by atoms with Crippen molar-refractivity contribution in [1.29, 1.82) is 0 Å². The van der Waals surface area contributed by atoms with Crippen molar-refractivity contribution in [3.8, 4) is 11.4 Å². The highest BCUT2D eigenvalue weighted by Crippen LogP contribution is 2.26. The van der Waals surface area contributed by atoms with Crippen molar-refractivity contribution in [2.75, 3.05) is 7.05 Å². The third-order valence-corrected chi connectivity index (χ3v) is 4.06. The summed E-state index contributed by atoms with van der Waals surface area (Å²) in [6.07, 6.45) is 3.59. The van der Waals surface area contributed by atoms with Crippen molar-refractivity contribution in [1.82, 2.24) is 20.0 Å². The minimum Gasteiger partial charge on any atom is -0.391 e. The zero-order chi connectivity index (χ0) is 16.4. The Morgan fingerprint density at radius 1 is 1.50 bits per heavy atom. The summed E-state index contributed by atoms with van der Waals surface area (Å²) in [5.41, 5.74) is 6.51. The van der Waals surface area contributed by atoms with Crippen molar-refractivity contribution >= 4 is 18.3 Å². The predicted molar refractivity (Wildman–Crippen MR) is 88.0 cm³/mol. The molecule has 0 unspecified atom stereocenters. The average Bonchev–Trinajstić information content (AvgIpc) is 3.15. The topological polar surface area (TPSA) is 118 Å². The Labute approximate surface area is 145 Å². The smallest absolute Gasteiger partial charge is 0.246 e. The number of amides is 1. The van der Waals surface area contributed by atoms with Crippen molar-refractivity contribution in [2.24, 2.45) is 11.7 Å². The normalized spacial score (nSPS) is 22.9. The number of nitrogens with two attached hydrogens (primary N) is 1. The fourth-order valence-corrected chi connectivity index (χ4v) is 2.77. The Bertz CT molecular complexity index is 671. The van der Waals surface area contributed by atoms with Gasteiger partial charge in [0.05, 0.1) is 12.6 Å². The summed E-state index contributed by atoms with van der Waals surface area (Å²) in [4.78, 5) is 22.2. The molecule has 0 spiro atoms. The molecule has 3 rings (SSSR count). The average molecular weight is 354 g/mol. The molecule has 1 aliphatic carbocycles. The molecule has 0 aromatic carbocycles. The molecule has 1 aliphatic rings. The number of carbonyl (C=O) groups is 1. The highest BCUT2D eigenvalue weighted by molar-refractivity contribution is 5.85. The van der Waals surface area contributed by atoms with Crippen LogP contribution in [0, 0.1) is 5.92 Å². The van der Waals surface area contributed by atoms with Crippen LogP contribution in [0.1, 0.15) is 18.7 Å². The molecule has 0 saturated heterocycles. The molecule has 1 amide bonds. The highest BCUT2D eigenvalue weighted by Gasteiger charge is 2.36. The van der Waals surface area contributed by atoms with Crippen LogP contribution < -0.4 is 5.73 Å². The van der Waals surface area contributed by atoms with Crippen molar-refractivity contribution in [3.05, 3.63) is 30.4 Å². The summed E-state index contributed by atoms with van der Waals surface area (Å²) in [5.74, 6) is 0.457. The van der Waals surface area contributed by atoms with E-state index in [4.69, 9.17) is 10.3 Å². The van der Waals surface area contributed by atoms with Crippen LogP contribution in [-0.4, -0.2) is 50.2 Å². The first-order valence-electron chi connectivity index (χ1n) is 7.46. The highest BCUT2D eigenvalue weighted by atomic mass is 35.5. The second-order valence-electron chi connectivity index (χ2n) is 5.85. The molecule has 9 heteroatoms. The van der Waals surface area contributed by atoms with E-state index in [1.807, 2.05) is 6.07 Å². The molecule has 130 valence electrons. The molecule has 0 radical (unpaired) electrons. The molecule has 8 nitrogen and oxygen atoms in total. The summed E-state index contributed by atoms with van der Waals surface area (Å²) in [6.45, 7) is 0.216. The van der Waals surface area contributed by atoms with Crippen molar-refractivity contribution in [2.45, 2.75) is 31.5 Å². The van der Waals surface area contributed by atoms with Crippen molar-refractivity contribution in [3.63, 3.8) is 0 Å². The fraction of sp³-hybridized carbons (Fsp3) is 0.467. The standard InChI is InChI=1S/C15H19N5O3.ClH/c1-20(15(22)10-5-11(16)12(21)6-10)8-13-18-14(19-23-13)9-3-2-4-17-7-9;/h2-4,7,10-12,21H,5-6,8,16H2,1H3;1H/t10-,11-,12-;/m0./s1. The number of aliphatic hydroxyl groups excluding tert-OH is 1. The van der Waals surface area contributed by atoms with E-state index in [1.165, 1.54) is 4.90 Å². The van der Waals surface area contributed by atoms with Crippen LogP contribution >= 0.6 is 12.4 Å². The molecule has 24 heavy (non-hydrogen) atoms. The number of aromatic nitrogens is 3. The summed E-state index contributed by atoms with van der Waals surface area (Å²) in [5, 5.41) is 13.6. The predicted octanol–water partition coefficient (Wildman–Crippen LogP) is 0.610. The van der Waals surface area contributed by atoms with Gasteiger partial charge in [0.25, 0.3) is 0 Å². The molecular formula is C15H20ClN5O3. The van der Waals surface area contributed by atoms with Gasteiger partial charge in [-0.15, -0.1) is 12.4 Å². The number of aliphatic hydroxyl groups is 1. The monoisotopic (exact) mass is 353 g/mol.